The number of methoxy groups -OCH3 is 2. The van der Waals surface area contributed by atoms with Crippen molar-refractivity contribution in [3.63, 3.8) is 0 Å². The van der Waals surface area contributed by atoms with Gasteiger partial charge < -0.3 is 31.2 Å². The molecule has 0 aliphatic heterocycles. The molecule has 11 heteroatoms. The average molecular weight is 514 g/mol. The van der Waals surface area contributed by atoms with Crippen LogP contribution in [0.4, 0.5) is 23.0 Å². The van der Waals surface area contributed by atoms with E-state index in [-0.39, 0.29) is 0 Å². The molecule has 0 amide bonds. The molecule has 0 fully saturated rings. The van der Waals surface area contributed by atoms with Crippen LogP contribution in [0.15, 0.2) is 71.1 Å². The van der Waals surface area contributed by atoms with Gasteiger partial charge in [0, 0.05) is 17.7 Å². The van der Waals surface area contributed by atoms with E-state index in [0.717, 1.165) is 27.6 Å². The van der Waals surface area contributed by atoms with Crippen molar-refractivity contribution >= 4 is 47.1 Å². The Balaban J connectivity index is 0.000000588. The number of fused-ring (bicyclic) bond motifs is 1. The molecule has 1 N–H and O–H groups in total. The quantitative estimate of drug-likeness (QED) is 0.267. The molecular weight excluding hydrogens is 496 g/mol. The van der Waals surface area contributed by atoms with Crippen molar-refractivity contribution in [3.8, 4) is 22.8 Å². The van der Waals surface area contributed by atoms with Crippen LogP contribution < -0.4 is 19.8 Å². The number of para-hydroxylation sites is 1. The molecule has 0 aliphatic carbocycles. The zero-order chi connectivity index (χ0) is 24.9. The molecule has 4 aromatic rings. The zero-order valence-electron chi connectivity index (χ0n) is 17.9. The Morgan fingerprint density at radius 3 is 2.12 bits per heavy atom. The fourth-order valence-electron chi connectivity index (χ4n) is 3.10. The molecule has 0 unspecified atom stereocenters. The van der Waals surface area contributed by atoms with E-state index >= 15 is 0 Å². The van der Waals surface area contributed by atoms with Gasteiger partial charge in [-0.25, -0.2) is 4.99 Å². The summed E-state index contributed by atoms with van der Waals surface area (Å²) >= 11 is 12.2. The molecule has 34 heavy (non-hydrogen) atoms. The van der Waals surface area contributed by atoms with Crippen molar-refractivity contribution in [2.45, 2.75) is 0 Å². The largest absolute Gasteiger partial charge is 0.673 e. The second kappa shape index (κ2) is 10.8. The molecule has 0 atom stereocenters. The van der Waals surface area contributed by atoms with Gasteiger partial charge in [-0.15, -0.1) is 0 Å². The second-order valence-electron chi connectivity index (χ2n) is 6.84. The van der Waals surface area contributed by atoms with Gasteiger partial charge in [-0.05, 0) is 36.4 Å². The smallest absolute Gasteiger partial charge is 0.493 e. The highest BCUT2D eigenvalue weighted by Crippen LogP contribution is 2.32. The number of hydrogen-bond donors (Lipinski definition) is 1. The highest BCUT2D eigenvalue weighted by atomic mass is 35.5. The number of hydrogen-bond acceptors (Lipinski definition) is 3. The van der Waals surface area contributed by atoms with Crippen molar-refractivity contribution in [2.75, 3.05) is 14.2 Å². The van der Waals surface area contributed by atoms with Crippen LogP contribution in [-0.2, 0) is 0 Å². The topological polar surface area (TPSA) is 45.6 Å². The summed E-state index contributed by atoms with van der Waals surface area (Å²) in [5, 5.41) is 2.83. The predicted molar refractivity (Wildman–Crippen MR) is 125 cm³/mol. The predicted octanol–water partition coefficient (Wildman–Crippen LogP) is 6.04. The first-order valence-electron chi connectivity index (χ1n) is 9.76. The molecular formula is C23H18BCl2F4NO3. The molecule has 178 valence electrons. The summed E-state index contributed by atoms with van der Waals surface area (Å²) in [6, 6.07) is 20.9. The summed E-state index contributed by atoms with van der Waals surface area (Å²) in [4.78, 5) is 3.42. The Labute approximate surface area is 202 Å². The summed E-state index contributed by atoms with van der Waals surface area (Å²) in [6.45, 7) is 0. The van der Waals surface area contributed by atoms with Crippen LogP contribution >= 0.6 is 23.2 Å². The molecule has 3 aromatic carbocycles. The maximum absolute atomic E-state index is 9.75. The van der Waals surface area contributed by atoms with Crippen LogP contribution in [0.1, 0.15) is 0 Å². The third kappa shape index (κ3) is 6.68. The lowest BCUT2D eigenvalue weighted by Gasteiger charge is -2.09. The summed E-state index contributed by atoms with van der Waals surface area (Å²) in [5.41, 5.74) is 2.45. The van der Waals surface area contributed by atoms with Gasteiger partial charge in [-0.2, -0.15) is 0 Å². The fraction of sp³-hybridized carbons (Fsp3) is 0.0870. The van der Waals surface area contributed by atoms with Crippen LogP contribution in [0.25, 0.3) is 22.3 Å². The van der Waals surface area contributed by atoms with E-state index in [0.29, 0.717) is 27.3 Å². The van der Waals surface area contributed by atoms with Crippen LogP contribution in [0.3, 0.4) is 0 Å². The second-order valence-corrected chi connectivity index (χ2v) is 7.65. The number of benzene rings is 3. The van der Waals surface area contributed by atoms with Gasteiger partial charge in [0.2, 0.25) is 11.0 Å². The standard InChI is InChI=1S/C23H17Cl2NO3.BF4/c1-27-21-10-7-14(11-23(21)28-2)22-13-19(16-5-3-4-6-20(16)29-22)26-15-8-9-17(24)18(25)12-15;2-1(3,4)5/h3-13H,1-2H3;/q;-1/p+1. The monoisotopic (exact) mass is 513 g/mol. The van der Waals surface area contributed by atoms with Crippen molar-refractivity contribution in [1.29, 1.82) is 0 Å². The molecule has 0 saturated heterocycles. The van der Waals surface area contributed by atoms with E-state index in [1.807, 2.05) is 54.6 Å². The lowest BCUT2D eigenvalue weighted by atomic mass is 10.1. The number of rotatable bonds is 4. The summed E-state index contributed by atoms with van der Waals surface area (Å²) < 4.78 is 55.9. The lowest BCUT2D eigenvalue weighted by molar-refractivity contribution is -0.400. The molecule has 1 heterocycles. The van der Waals surface area contributed by atoms with E-state index in [4.69, 9.17) is 37.1 Å². The maximum atomic E-state index is 9.75. The molecule has 0 bridgehead atoms. The fourth-order valence-corrected chi connectivity index (χ4v) is 3.40. The van der Waals surface area contributed by atoms with E-state index < -0.39 is 7.25 Å². The molecule has 0 radical (unpaired) electrons. The first-order valence-corrected chi connectivity index (χ1v) is 10.5. The Kier molecular flexibility index (Phi) is 8.12. The summed E-state index contributed by atoms with van der Waals surface area (Å²) in [6.07, 6.45) is 0. The number of ether oxygens (including phenoxy) is 2. The number of nitrogens with one attached hydrogen (secondary N) is 1. The van der Waals surface area contributed by atoms with Gasteiger partial charge in [0.25, 0.3) is 0 Å². The van der Waals surface area contributed by atoms with Gasteiger partial charge in [-0.3, -0.25) is 0 Å². The normalized spacial score (nSPS) is 11.7. The molecule has 0 spiro atoms. The van der Waals surface area contributed by atoms with Crippen molar-refractivity contribution < 1.29 is 36.1 Å². The van der Waals surface area contributed by atoms with Gasteiger partial charge in [-0.1, -0.05) is 35.3 Å². The molecule has 1 aromatic heterocycles. The van der Waals surface area contributed by atoms with Crippen LogP contribution in [0.5, 0.6) is 11.5 Å². The number of halogens is 6. The average Bonchev–Trinajstić information content (AvgIpc) is 2.80. The minimum absolute atomic E-state index is 0.488. The molecule has 0 saturated carbocycles. The lowest BCUT2D eigenvalue weighted by Crippen LogP contribution is -2.70. The summed E-state index contributed by atoms with van der Waals surface area (Å²) in [7, 11) is -2.78. The van der Waals surface area contributed by atoms with Gasteiger partial charge >= 0.3 is 7.25 Å². The van der Waals surface area contributed by atoms with Crippen LogP contribution in [0.2, 0.25) is 10.0 Å². The van der Waals surface area contributed by atoms with Crippen molar-refractivity contribution in [2.24, 2.45) is 0 Å². The van der Waals surface area contributed by atoms with E-state index in [2.05, 4.69) is 4.99 Å². The molecule has 4 rings (SSSR count). The Morgan fingerprint density at radius 2 is 1.47 bits per heavy atom. The minimum Gasteiger partial charge on any atom is -0.493 e. The highest BCUT2D eigenvalue weighted by molar-refractivity contribution is 6.50. The first-order chi connectivity index (χ1) is 16.1. The Hall–Kier alpha value is -3.17. The van der Waals surface area contributed by atoms with Gasteiger partial charge in [0.05, 0.1) is 35.7 Å². The summed E-state index contributed by atoms with van der Waals surface area (Å²) in [5.74, 6) is 1.98. The van der Waals surface area contributed by atoms with Crippen molar-refractivity contribution in [3.05, 3.63) is 82.1 Å². The maximum Gasteiger partial charge on any atom is 0.673 e. The first kappa shape index (κ1) is 25.5. The minimum atomic E-state index is -6.00. The van der Waals surface area contributed by atoms with Crippen LogP contribution in [0, 0.1) is 0 Å². The van der Waals surface area contributed by atoms with Gasteiger partial charge in [0.1, 0.15) is 11.3 Å². The highest BCUT2D eigenvalue weighted by Gasteiger charge is 2.20. The van der Waals surface area contributed by atoms with Crippen LogP contribution in [-0.4, -0.2) is 21.5 Å². The SMILES string of the molecule is COc1ccc(-c2cc(=[NH+]c3ccc(Cl)c(Cl)c3)c3ccccc3o2)cc1OC.F[B-](F)(F)F. The van der Waals surface area contributed by atoms with Crippen molar-refractivity contribution in [1.82, 2.24) is 0 Å². The third-order valence-corrected chi connectivity index (χ3v) is 5.28. The van der Waals surface area contributed by atoms with E-state index in [1.165, 1.54) is 0 Å². The zero-order valence-corrected chi connectivity index (χ0v) is 19.4. The van der Waals surface area contributed by atoms with E-state index in [9.17, 15) is 17.3 Å². The molecule has 4 nitrogen and oxygen atoms in total. The third-order valence-electron chi connectivity index (χ3n) is 4.54. The Bertz CT molecular complexity index is 1370. The van der Waals surface area contributed by atoms with E-state index in [1.54, 1.807) is 26.4 Å². The van der Waals surface area contributed by atoms with Gasteiger partial charge in [0.15, 0.2) is 11.5 Å². The Morgan fingerprint density at radius 1 is 0.794 bits per heavy atom. The molecule has 0 aliphatic rings.